The highest BCUT2D eigenvalue weighted by atomic mass is 79.9. The fraction of sp³-hybridized carbons (Fsp3) is 0.444. The van der Waals surface area contributed by atoms with Crippen LogP contribution in [0.3, 0.4) is 0 Å². The molecule has 0 saturated carbocycles. The molecule has 0 aromatic heterocycles. The Morgan fingerprint density at radius 3 is 2.82 bits per heavy atom. The van der Waals surface area contributed by atoms with Crippen molar-refractivity contribution < 1.29 is 4.79 Å². The molecular formula is C9H11BrO. The minimum atomic E-state index is -0.177. The summed E-state index contributed by atoms with van der Waals surface area (Å²) in [6.07, 6.45) is 6.84. The predicted molar refractivity (Wildman–Crippen MR) is 49.8 cm³/mol. The van der Waals surface area contributed by atoms with Crippen LogP contribution >= 0.6 is 15.9 Å². The number of rotatable bonds is 1. The van der Waals surface area contributed by atoms with Gasteiger partial charge in [-0.3, -0.25) is 0 Å². The van der Waals surface area contributed by atoms with Gasteiger partial charge in [-0.05, 0) is 13.8 Å². The van der Waals surface area contributed by atoms with Crippen molar-refractivity contribution in [3.8, 4) is 0 Å². The van der Waals surface area contributed by atoms with Crippen molar-refractivity contribution in [1.82, 2.24) is 0 Å². The van der Waals surface area contributed by atoms with Crippen LogP contribution in [0, 0.1) is 5.92 Å². The monoisotopic (exact) mass is 214 g/mol. The van der Waals surface area contributed by atoms with Crippen molar-refractivity contribution in [2.45, 2.75) is 18.2 Å². The molecule has 0 aromatic rings. The fourth-order valence-corrected chi connectivity index (χ4v) is 1.49. The largest absolute Gasteiger partial charge is 0.303 e. The highest BCUT2D eigenvalue weighted by Crippen LogP contribution is 2.37. The summed E-state index contributed by atoms with van der Waals surface area (Å²) < 4.78 is -0.177. The van der Waals surface area contributed by atoms with Crippen LogP contribution in [0.2, 0.25) is 0 Å². The first-order valence-electron chi connectivity index (χ1n) is 3.59. The van der Waals surface area contributed by atoms with E-state index in [1.807, 2.05) is 32.1 Å². The van der Waals surface area contributed by atoms with Crippen molar-refractivity contribution in [2.24, 2.45) is 5.92 Å². The van der Waals surface area contributed by atoms with Gasteiger partial charge >= 0.3 is 0 Å². The van der Waals surface area contributed by atoms with E-state index < -0.39 is 0 Å². The van der Waals surface area contributed by atoms with Crippen LogP contribution in [0.4, 0.5) is 0 Å². The summed E-state index contributed by atoms with van der Waals surface area (Å²) in [6.45, 7) is 4.04. The van der Waals surface area contributed by atoms with E-state index in [9.17, 15) is 4.79 Å². The molecule has 0 fully saturated rings. The summed E-state index contributed by atoms with van der Waals surface area (Å²) in [5.41, 5.74) is 1.19. The number of aldehydes is 1. The molecule has 2 unspecified atom stereocenters. The average molecular weight is 215 g/mol. The number of carbonyl (C=O) groups excluding carboxylic acids is 1. The second kappa shape index (κ2) is 2.94. The number of allylic oxidation sites excluding steroid dienone is 4. The van der Waals surface area contributed by atoms with E-state index >= 15 is 0 Å². The SMILES string of the molecule is CC1=CC=CC(C=O)C1(C)Br. The van der Waals surface area contributed by atoms with E-state index in [2.05, 4.69) is 15.9 Å². The molecule has 0 bridgehead atoms. The Morgan fingerprint density at radius 1 is 1.73 bits per heavy atom. The summed E-state index contributed by atoms with van der Waals surface area (Å²) in [6, 6.07) is 0. The van der Waals surface area contributed by atoms with Gasteiger partial charge < -0.3 is 4.79 Å². The second-order valence-electron chi connectivity index (χ2n) is 2.97. The molecule has 2 atom stereocenters. The van der Waals surface area contributed by atoms with Crippen molar-refractivity contribution in [2.75, 3.05) is 0 Å². The topological polar surface area (TPSA) is 17.1 Å². The lowest BCUT2D eigenvalue weighted by Gasteiger charge is -2.29. The molecule has 1 aliphatic carbocycles. The molecule has 0 N–H and O–H groups in total. The molecule has 0 aliphatic heterocycles. The second-order valence-corrected chi connectivity index (χ2v) is 4.62. The lowest BCUT2D eigenvalue weighted by Crippen LogP contribution is -2.30. The highest BCUT2D eigenvalue weighted by Gasteiger charge is 2.32. The van der Waals surface area contributed by atoms with Gasteiger partial charge in [0.15, 0.2) is 0 Å². The van der Waals surface area contributed by atoms with Crippen LogP contribution in [0.5, 0.6) is 0 Å². The van der Waals surface area contributed by atoms with E-state index in [4.69, 9.17) is 0 Å². The summed E-state index contributed by atoms with van der Waals surface area (Å²) in [4.78, 5) is 10.6. The normalized spacial score (nSPS) is 36.6. The van der Waals surface area contributed by atoms with Gasteiger partial charge in [-0.2, -0.15) is 0 Å². The molecule has 0 spiro atoms. The Labute approximate surface area is 75.3 Å². The van der Waals surface area contributed by atoms with E-state index in [1.54, 1.807) is 0 Å². The maximum absolute atomic E-state index is 10.6. The first kappa shape index (κ1) is 8.72. The number of halogens is 1. The molecule has 60 valence electrons. The molecule has 0 amide bonds. The summed E-state index contributed by atoms with van der Waals surface area (Å²) in [5.74, 6) is -0.0347. The Bertz CT molecular complexity index is 226. The zero-order valence-electron chi connectivity index (χ0n) is 6.67. The number of hydrogen-bond donors (Lipinski definition) is 0. The Kier molecular flexibility index (Phi) is 2.33. The Hall–Kier alpha value is -0.370. The third kappa shape index (κ3) is 1.45. The average Bonchev–Trinajstić information content (AvgIpc) is 1.95. The van der Waals surface area contributed by atoms with E-state index in [0.29, 0.717) is 0 Å². The van der Waals surface area contributed by atoms with Crippen LogP contribution in [0.25, 0.3) is 0 Å². The van der Waals surface area contributed by atoms with Gasteiger partial charge in [0, 0.05) is 0 Å². The summed E-state index contributed by atoms with van der Waals surface area (Å²) in [5, 5.41) is 0. The lowest BCUT2D eigenvalue weighted by molar-refractivity contribution is -0.110. The molecule has 2 heteroatoms. The fourth-order valence-electron chi connectivity index (χ4n) is 1.10. The lowest BCUT2D eigenvalue weighted by atomic mass is 9.85. The zero-order valence-corrected chi connectivity index (χ0v) is 8.26. The minimum absolute atomic E-state index is 0.0347. The first-order valence-corrected chi connectivity index (χ1v) is 4.38. The summed E-state index contributed by atoms with van der Waals surface area (Å²) in [7, 11) is 0. The molecular weight excluding hydrogens is 204 g/mol. The van der Waals surface area contributed by atoms with Gasteiger partial charge in [0.05, 0.1) is 10.2 Å². The third-order valence-electron chi connectivity index (χ3n) is 2.21. The maximum atomic E-state index is 10.6. The third-order valence-corrected chi connectivity index (χ3v) is 3.36. The van der Waals surface area contributed by atoms with Crippen LogP contribution in [0.15, 0.2) is 23.8 Å². The van der Waals surface area contributed by atoms with Crippen LogP contribution in [0.1, 0.15) is 13.8 Å². The van der Waals surface area contributed by atoms with Crippen molar-refractivity contribution >= 4 is 22.2 Å². The summed E-state index contributed by atoms with van der Waals surface area (Å²) >= 11 is 3.53. The zero-order chi connectivity index (χ0) is 8.48. The molecule has 0 heterocycles. The van der Waals surface area contributed by atoms with Gasteiger partial charge in [-0.25, -0.2) is 0 Å². The van der Waals surface area contributed by atoms with Gasteiger partial charge in [-0.15, -0.1) is 0 Å². The number of hydrogen-bond acceptors (Lipinski definition) is 1. The quantitative estimate of drug-likeness (QED) is 0.485. The maximum Gasteiger partial charge on any atom is 0.128 e. The molecule has 1 nitrogen and oxygen atoms in total. The number of alkyl halides is 1. The molecule has 11 heavy (non-hydrogen) atoms. The molecule has 0 radical (unpaired) electrons. The van der Waals surface area contributed by atoms with Gasteiger partial charge in [0.2, 0.25) is 0 Å². The molecule has 1 aliphatic rings. The van der Waals surface area contributed by atoms with Crippen LogP contribution in [-0.4, -0.2) is 10.6 Å². The van der Waals surface area contributed by atoms with Crippen molar-refractivity contribution in [1.29, 1.82) is 0 Å². The molecule has 1 rings (SSSR count). The Morgan fingerprint density at radius 2 is 2.36 bits per heavy atom. The standard InChI is InChI=1S/C9H11BrO/c1-7-4-3-5-8(6-11)9(7,2)10/h3-6,8H,1-2H3. The highest BCUT2D eigenvalue weighted by molar-refractivity contribution is 9.10. The van der Waals surface area contributed by atoms with E-state index in [0.717, 1.165) is 6.29 Å². The van der Waals surface area contributed by atoms with Crippen molar-refractivity contribution in [3.05, 3.63) is 23.8 Å². The van der Waals surface area contributed by atoms with Gasteiger partial charge in [0.25, 0.3) is 0 Å². The van der Waals surface area contributed by atoms with Gasteiger partial charge in [0.1, 0.15) is 6.29 Å². The molecule has 0 saturated heterocycles. The Balaban J connectivity index is 2.97. The van der Waals surface area contributed by atoms with Crippen LogP contribution < -0.4 is 0 Å². The predicted octanol–water partition coefficient (Wildman–Crippen LogP) is 2.47. The first-order chi connectivity index (χ1) is 5.09. The van der Waals surface area contributed by atoms with Crippen molar-refractivity contribution in [3.63, 3.8) is 0 Å². The molecule has 0 aromatic carbocycles. The number of carbonyl (C=O) groups is 1. The van der Waals surface area contributed by atoms with E-state index in [1.165, 1.54) is 5.57 Å². The van der Waals surface area contributed by atoms with E-state index in [-0.39, 0.29) is 10.2 Å². The minimum Gasteiger partial charge on any atom is -0.303 e. The van der Waals surface area contributed by atoms with Gasteiger partial charge in [-0.1, -0.05) is 39.7 Å². The van der Waals surface area contributed by atoms with Crippen LogP contribution in [-0.2, 0) is 4.79 Å². The smallest absolute Gasteiger partial charge is 0.128 e.